The Morgan fingerprint density at radius 2 is 1.80 bits per heavy atom. The van der Waals surface area contributed by atoms with Crippen molar-refractivity contribution in [1.82, 2.24) is 15.5 Å². The number of nitrogens with zero attached hydrogens (tertiary/aromatic N) is 1. The molecule has 140 valence electrons. The van der Waals surface area contributed by atoms with E-state index in [1.54, 1.807) is 13.8 Å². The molecule has 1 aromatic carbocycles. The van der Waals surface area contributed by atoms with Crippen molar-refractivity contribution in [3.63, 3.8) is 0 Å². The number of nitrogens with one attached hydrogen (secondary N) is 2. The molecule has 1 amide bonds. The molecular weight excluding hydrogens is 331 g/mol. The average Bonchev–Trinajstić information content (AvgIpc) is 2.55. The van der Waals surface area contributed by atoms with Gasteiger partial charge in [-0.3, -0.25) is 9.69 Å². The maximum atomic E-state index is 13.4. The van der Waals surface area contributed by atoms with Crippen LogP contribution in [0.3, 0.4) is 0 Å². The highest BCUT2D eigenvalue weighted by Gasteiger charge is 2.44. The lowest BCUT2D eigenvalue weighted by molar-refractivity contribution is -0.184. The number of carbonyl (C=O) groups is 1. The number of piperazine rings is 1. The quantitative estimate of drug-likeness (QED) is 0.821. The first-order chi connectivity index (χ1) is 11.7. The van der Waals surface area contributed by atoms with Gasteiger partial charge in [-0.05, 0) is 12.0 Å². The van der Waals surface area contributed by atoms with Crippen molar-refractivity contribution >= 4 is 5.91 Å². The SMILES string of the molecule is CC(C)(Cc1ccccc1)C(=O)NCC(N1CCNCC1)C(F)(F)F. The number of hydrogen-bond acceptors (Lipinski definition) is 3. The molecule has 1 aromatic rings. The van der Waals surface area contributed by atoms with Crippen LogP contribution >= 0.6 is 0 Å². The monoisotopic (exact) mass is 357 g/mol. The molecule has 0 bridgehead atoms. The standard InChI is InChI=1S/C18H26F3N3O/c1-17(2,12-14-6-4-3-5-7-14)16(25)23-13-15(18(19,20)21)24-10-8-22-9-11-24/h3-7,15,22H,8-13H2,1-2H3,(H,23,25). The van der Waals surface area contributed by atoms with Gasteiger partial charge in [0, 0.05) is 38.1 Å². The Morgan fingerprint density at radius 1 is 1.20 bits per heavy atom. The minimum atomic E-state index is -4.37. The largest absolute Gasteiger partial charge is 0.405 e. The van der Waals surface area contributed by atoms with Gasteiger partial charge in [-0.15, -0.1) is 0 Å². The minimum absolute atomic E-state index is 0.327. The van der Waals surface area contributed by atoms with E-state index in [0.29, 0.717) is 32.6 Å². The number of carbonyl (C=O) groups excluding carboxylic acids is 1. The first kappa shape index (κ1) is 19.7. The molecule has 1 atom stereocenters. The number of halogens is 3. The van der Waals surface area contributed by atoms with Crippen LogP contribution in [0.4, 0.5) is 13.2 Å². The van der Waals surface area contributed by atoms with E-state index in [-0.39, 0.29) is 5.91 Å². The van der Waals surface area contributed by atoms with E-state index in [0.717, 1.165) is 5.56 Å². The van der Waals surface area contributed by atoms with E-state index in [4.69, 9.17) is 0 Å². The van der Waals surface area contributed by atoms with E-state index in [9.17, 15) is 18.0 Å². The lowest BCUT2D eigenvalue weighted by Crippen LogP contribution is -2.58. The van der Waals surface area contributed by atoms with Gasteiger partial charge in [0.2, 0.25) is 5.91 Å². The predicted octanol–water partition coefficient (Wildman–Crippen LogP) is 2.21. The van der Waals surface area contributed by atoms with Crippen molar-refractivity contribution < 1.29 is 18.0 Å². The van der Waals surface area contributed by atoms with Gasteiger partial charge in [0.1, 0.15) is 6.04 Å². The lowest BCUT2D eigenvalue weighted by Gasteiger charge is -2.36. The van der Waals surface area contributed by atoms with Crippen molar-refractivity contribution in [1.29, 1.82) is 0 Å². The molecule has 0 spiro atoms. The maximum absolute atomic E-state index is 13.4. The molecule has 2 N–H and O–H groups in total. The lowest BCUT2D eigenvalue weighted by atomic mass is 9.84. The summed E-state index contributed by atoms with van der Waals surface area (Å²) in [4.78, 5) is 13.9. The molecule has 2 rings (SSSR count). The Kier molecular flexibility index (Phi) is 6.46. The van der Waals surface area contributed by atoms with E-state index < -0.39 is 24.2 Å². The molecule has 1 aliphatic heterocycles. The van der Waals surface area contributed by atoms with Crippen LogP contribution in [0.5, 0.6) is 0 Å². The summed E-state index contributed by atoms with van der Waals surface area (Å²) in [5.41, 5.74) is 0.207. The van der Waals surface area contributed by atoms with Gasteiger partial charge >= 0.3 is 6.18 Å². The molecule has 1 heterocycles. The minimum Gasteiger partial charge on any atom is -0.354 e. The summed E-state index contributed by atoms with van der Waals surface area (Å²) in [5, 5.41) is 5.57. The normalized spacial score (nSPS) is 18.0. The van der Waals surface area contributed by atoms with Crippen molar-refractivity contribution in [2.45, 2.75) is 32.5 Å². The van der Waals surface area contributed by atoms with Crippen LogP contribution in [-0.2, 0) is 11.2 Å². The Balaban J connectivity index is 1.97. The zero-order chi connectivity index (χ0) is 18.5. The molecule has 1 unspecified atom stereocenters. The fraction of sp³-hybridized carbons (Fsp3) is 0.611. The fourth-order valence-corrected chi connectivity index (χ4v) is 3.06. The third-order valence-corrected chi connectivity index (χ3v) is 4.53. The second-order valence-electron chi connectivity index (χ2n) is 7.10. The summed E-state index contributed by atoms with van der Waals surface area (Å²) in [7, 11) is 0. The first-order valence-electron chi connectivity index (χ1n) is 8.54. The van der Waals surface area contributed by atoms with Crippen LogP contribution in [0, 0.1) is 5.41 Å². The molecule has 25 heavy (non-hydrogen) atoms. The highest BCUT2D eigenvalue weighted by Crippen LogP contribution is 2.26. The van der Waals surface area contributed by atoms with Crippen LogP contribution in [0.2, 0.25) is 0 Å². The van der Waals surface area contributed by atoms with Gasteiger partial charge in [-0.2, -0.15) is 13.2 Å². The molecule has 0 aromatic heterocycles. The van der Waals surface area contributed by atoms with E-state index in [2.05, 4.69) is 10.6 Å². The number of alkyl halides is 3. The first-order valence-corrected chi connectivity index (χ1v) is 8.54. The molecule has 1 aliphatic rings. The molecule has 0 saturated carbocycles. The topological polar surface area (TPSA) is 44.4 Å². The highest BCUT2D eigenvalue weighted by atomic mass is 19.4. The summed E-state index contributed by atoms with van der Waals surface area (Å²) >= 11 is 0. The second kappa shape index (κ2) is 8.19. The molecule has 1 fully saturated rings. The molecule has 1 saturated heterocycles. The molecule has 0 aliphatic carbocycles. The highest BCUT2D eigenvalue weighted by molar-refractivity contribution is 5.82. The third kappa shape index (κ3) is 5.71. The number of benzene rings is 1. The summed E-state index contributed by atoms with van der Waals surface area (Å²) < 4.78 is 40.2. The maximum Gasteiger partial charge on any atom is 0.405 e. The van der Waals surface area contributed by atoms with Gasteiger partial charge in [0.25, 0.3) is 0 Å². The summed E-state index contributed by atoms with van der Waals surface area (Å²) in [6, 6.07) is 7.83. The van der Waals surface area contributed by atoms with Crippen LogP contribution in [0.25, 0.3) is 0 Å². The van der Waals surface area contributed by atoms with Gasteiger partial charge in [0.15, 0.2) is 0 Å². The Hall–Kier alpha value is -1.60. The van der Waals surface area contributed by atoms with Gasteiger partial charge in [0.05, 0.1) is 0 Å². The van der Waals surface area contributed by atoms with Gasteiger partial charge in [-0.1, -0.05) is 44.2 Å². The van der Waals surface area contributed by atoms with Gasteiger partial charge < -0.3 is 10.6 Å². The average molecular weight is 357 g/mol. The Morgan fingerprint density at radius 3 is 2.36 bits per heavy atom. The zero-order valence-corrected chi connectivity index (χ0v) is 14.7. The van der Waals surface area contributed by atoms with Crippen LogP contribution < -0.4 is 10.6 Å². The number of hydrogen-bond donors (Lipinski definition) is 2. The van der Waals surface area contributed by atoms with E-state index >= 15 is 0 Å². The molecule has 0 radical (unpaired) electrons. The third-order valence-electron chi connectivity index (χ3n) is 4.53. The van der Waals surface area contributed by atoms with Crippen molar-refractivity contribution in [3.05, 3.63) is 35.9 Å². The smallest absolute Gasteiger partial charge is 0.354 e. The van der Waals surface area contributed by atoms with Crippen LogP contribution in [0.1, 0.15) is 19.4 Å². The van der Waals surface area contributed by atoms with Crippen molar-refractivity contribution in [2.75, 3.05) is 32.7 Å². The van der Waals surface area contributed by atoms with Crippen molar-refractivity contribution in [3.8, 4) is 0 Å². The summed E-state index contributed by atoms with van der Waals surface area (Å²) in [6.07, 6.45) is -3.89. The number of amides is 1. The van der Waals surface area contributed by atoms with E-state index in [1.807, 2.05) is 30.3 Å². The predicted molar refractivity (Wildman–Crippen MR) is 91.2 cm³/mol. The fourth-order valence-electron chi connectivity index (χ4n) is 3.06. The second-order valence-corrected chi connectivity index (χ2v) is 7.10. The molecular formula is C18H26F3N3O. The van der Waals surface area contributed by atoms with Crippen LogP contribution in [0.15, 0.2) is 30.3 Å². The van der Waals surface area contributed by atoms with Crippen molar-refractivity contribution in [2.24, 2.45) is 5.41 Å². The van der Waals surface area contributed by atoms with Gasteiger partial charge in [-0.25, -0.2) is 0 Å². The molecule has 7 heteroatoms. The van der Waals surface area contributed by atoms with Crippen LogP contribution in [-0.4, -0.2) is 55.7 Å². The summed E-state index contributed by atoms with van der Waals surface area (Å²) in [6.45, 7) is 4.80. The Bertz CT molecular complexity index is 554. The number of rotatable bonds is 6. The zero-order valence-electron chi connectivity index (χ0n) is 14.7. The van der Waals surface area contributed by atoms with E-state index in [1.165, 1.54) is 4.90 Å². The molecule has 4 nitrogen and oxygen atoms in total. The summed E-state index contributed by atoms with van der Waals surface area (Å²) in [5.74, 6) is -0.360. The Labute approximate surface area is 146 Å².